The molecule has 1 aromatic heterocycles. The van der Waals surface area contributed by atoms with Crippen molar-refractivity contribution in [3.63, 3.8) is 0 Å². The molecule has 0 radical (unpaired) electrons. The van der Waals surface area contributed by atoms with E-state index in [-0.39, 0.29) is 16.3 Å². The first-order chi connectivity index (χ1) is 7.59. The fraction of sp³-hybridized carbons (Fsp3) is 0.833. The highest BCUT2D eigenvalue weighted by molar-refractivity contribution is 6.20. The summed E-state index contributed by atoms with van der Waals surface area (Å²) in [7, 11) is 0. The van der Waals surface area contributed by atoms with Crippen LogP contribution in [0.3, 0.4) is 0 Å². The van der Waals surface area contributed by atoms with E-state index >= 15 is 0 Å². The second-order valence-corrected chi connectivity index (χ2v) is 6.96. The molecular weight excluding hydrogens is 238 g/mol. The van der Waals surface area contributed by atoms with Gasteiger partial charge in [-0.15, -0.1) is 16.7 Å². The number of hydrogen-bond donors (Lipinski definition) is 1. The van der Waals surface area contributed by atoms with Gasteiger partial charge >= 0.3 is 6.01 Å². The Balaban J connectivity index is 2.69. The SMILES string of the molecule is CC(Cl)c1nnc(NC(C)(C)CC(C)(C)C)o1. The lowest BCUT2D eigenvalue weighted by Crippen LogP contribution is -2.35. The molecule has 0 bridgehead atoms. The van der Waals surface area contributed by atoms with Gasteiger partial charge in [0.25, 0.3) is 0 Å². The summed E-state index contributed by atoms with van der Waals surface area (Å²) in [6.07, 6.45) is 0.994. The van der Waals surface area contributed by atoms with Crippen molar-refractivity contribution in [2.75, 3.05) is 5.32 Å². The number of halogens is 1. The van der Waals surface area contributed by atoms with Gasteiger partial charge in [-0.2, -0.15) is 0 Å². The Hall–Kier alpha value is -0.770. The molecule has 4 nitrogen and oxygen atoms in total. The van der Waals surface area contributed by atoms with Gasteiger partial charge in [-0.25, -0.2) is 0 Å². The topological polar surface area (TPSA) is 51.0 Å². The van der Waals surface area contributed by atoms with E-state index in [2.05, 4.69) is 50.1 Å². The predicted molar refractivity (Wildman–Crippen MR) is 70.3 cm³/mol. The zero-order chi connectivity index (χ0) is 13.3. The molecular formula is C12H22ClN3O. The molecule has 1 N–H and O–H groups in total. The van der Waals surface area contributed by atoms with E-state index in [0.717, 1.165) is 6.42 Å². The third kappa shape index (κ3) is 4.94. The van der Waals surface area contributed by atoms with Crippen molar-refractivity contribution in [1.29, 1.82) is 0 Å². The van der Waals surface area contributed by atoms with Crippen LogP contribution >= 0.6 is 11.6 Å². The maximum absolute atomic E-state index is 5.87. The van der Waals surface area contributed by atoms with E-state index in [0.29, 0.717) is 11.9 Å². The summed E-state index contributed by atoms with van der Waals surface area (Å²) < 4.78 is 5.43. The number of aromatic nitrogens is 2. The van der Waals surface area contributed by atoms with Crippen molar-refractivity contribution < 1.29 is 4.42 Å². The summed E-state index contributed by atoms with van der Waals surface area (Å²) in [5.74, 6) is 0.445. The fourth-order valence-corrected chi connectivity index (χ4v) is 2.19. The van der Waals surface area contributed by atoms with Crippen LogP contribution in [0.5, 0.6) is 0 Å². The van der Waals surface area contributed by atoms with Gasteiger partial charge in [0.05, 0.1) is 0 Å². The van der Waals surface area contributed by atoms with E-state index in [9.17, 15) is 0 Å². The van der Waals surface area contributed by atoms with Crippen LogP contribution in [0.25, 0.3) is 0 Å². The first-order valence-electron chi connectivity index (χ1n) is 5.85. The molecule has 98 valence electrons. The van der Waals surface area contributed by atoms with E-state index in [4.69, 9.17) is 16.0 Å². The lowest BCUT2D eigenvalue weighted by molar-refractivity contribution is 0.297. The summed E-state index contributed by atoms with van der Waals surface area (Å²) in [6, 6.07) is 0.432. The van der Waals surface area contributed by atoms with Crippen molar-refractivity contribution in [3.05, 3.63) is 5.89 Å². The highest BCUT2D eigenvalue weighted by Gasteiger charge is 2.27. The van der Waals surface area contributed by atoms with Crippen LogP contribution < -0.4 is 5.32 Å². The quantitative estimate of drug-likeness (QED) is 0.831. The van der Waals surface area contributed by atoms with Crippen molar-refractivity contribution in [2.24, 2.45) is 5.41 Å². The van der Waals surface area contributed by atoms with Gasteiger partial charge in [-0.3, -0.25) is 0 Å². The predicted octanol–water partition coefficient (Wildman–Crippen LogP) is 4.00. The Morgan fingerprint density at radius 1 is 1.24 bits per heavy atom. The molecule has 1 aromatic rings. The van der Waals surface area contributed by atoms with E-state index in [1.807, 2.05) is 0 Å². The van der Waals surface area contributed by atoms with Crippen molar-refractivity contribution >= 4 is 17.6 Å². The van der Waals surface area contributed by atoms with E-state index in [1.165, 1.54) is 0 Å². The minimum atomic E-state index is -0.260. The van der Waals surface area contributed by atoms with Crippen LogP contribution in [0, 0.1) is 5.41 Å². The van der Waals surface area contributed by atoms with Crippen LogP contribution in [0.4, 0.5) is 6.01 Å². The number of nitrogens with zero attached hydrogens (tertiary/aromatic N) is 2. The van der Waals surface area contributed by atoms with Gasteiger partial charge in [-0.05, 0) is 32.6 Å². The number of hydrogen-bond acceptors (Lipinski definition) is 4. The number of rotatable bonds is 4. The van der Waals surface area contributed by atoms with Gasteiger partial charge in [-0.1, -0.05) is 25.9 Å². The maximum atomic E-state index is 5.87. The second-order valence-electron chi connectivity index (χ2n) is 6.31. The zero-order valence-corrected chi connectivity index (χ0v) is 12.2. The summed E-state index contributed by atoms with van der Waals surface area (Å²) in [6.45, 7) is 12.7. The normalized spacial score (nSPS) is 14.8. The number of nitrogens with one attached hydrogen (secondary N) is 1. The first kappa shape index (κ1) is 14.3. The molecule has 1 atom stereocenters. The van der Waals surface area contributed by atoms with Crippen LogP contribution in [0.1, 0.15) is 59.2 Å². The third-order valence-electron chi connectivity index (χ3n) is 2.20. The van der Waals surface area contributed by atoms with Gasteiger partial charge in [0, 0.05) is 5.54 Å². The highest BCUT2D eigenvalue weighted by Crippen LogP contribution is 2.30. The van der Waals surface area contributed by atoms with Crippen LogP contribution in [0.15, 0.2) is 4.42 Å². The number of alkyl halides is 1. The molecule has 1 heterocycles. The van der Waals surface area contributed by atoms with Gasteiger partial charge < -0.3 is 9.73 Å². The lowest BCUT2D eigenvalue weighted by Gasteiger charge is -2.32. The van der Waals surface area contributed by atoms with Gasteiger partial charge in [0.15, 0.2) is 0 Å². The van der Waals surface area contributed by atoms with Crippen LogP contribution in [-0.2, 0) is 0 Å². The molecule has 0 saturated carbocycles. The molecule has 0 spiro atoms. The molecule has 0 amide bonds. The first-order valence-corrected chi connectivity index (χ1v) is 6.28. The minimum Gasteiger partial charge on any atom is -0.406 e. The average molecular weight is 260 g/mol. The van der Waals surface area contributed by atoms with Gasteiger partial charge in [0.2, 0.25) is 5.89 Å². The average Bonchev–Trinajstić information content (AvgIpc) is 2.46. The smallest absolute Gasteiger partial charge is 0.315 e. The largest absolute Gasteiger partial charge is 0.406 e. The second kappa shape index (κ2) is 4.84. The summed E-state index contributed by atoms with van der Waals surface area (Å²) in [5, 5.41) is 10.8. The molecule has 0 saturated heterocycles. The highest BCUT2D eigenvalue weighted by atomic mass is 35.5. The monoisotopic (exact) mass is 259 g/mol. The molecule has 0 aliphatic rings. The van der Waals surface area contributed by atoms with Gasteiger partial charge in [0.1, 0.15) is 5.38 Å². The van der Waals surface area contributed by atoms with Crippen molar-refractivity contribution in [1.82, 2.24) is 10.2 Å². The molecule has 1 rings (SSSR count). The molecule has 0 fully saturated rings. The Labute approximate surface area is 108 Å². The van der Waals surface area contributed by atoms with Crippen LogP contribution in [0.2, 0.25) is 0 Å². The third-order valence-corrected chi connectivity index (χ3v) is 2.39. The summed E-state index contributed by atoms with van der Waals surface area (Å²) in [5.41, 5.74) is 0.136. The molecule has 17 heavy (non-hydrogen) atoms. The Kier molecular flexibility index (Phi) is 4.07. The van der Waals surface area contributed by atoms with Crippen molar-refractivity contribution in [3.8, 4) is 0 Å². The Bertz CT molecular complexity index is 366. The number of anilines is 1. The Morgan fingerprint density at radius 2 is 1.82 bits per heavy atom. The molecule has 0 aliphatic carbocycles. The minimum absolute atomic E-state index is 0.0996. The molecule has 0 aliphatic heterocycles. The van der Waals surface area contributed by atoms with E-state index < -0.39 is 0 Å². The van der Waals surface area contributed by atoms with Crippen molar-refractivity contribution in [2.45, 2.75) is 58.9 Å². The molecule has 0 aromatic carbocycles. The summed E-state index contributed by atoms with van der Waals surface area (Å²) in [4.78, 5) is 0. The Morgan fingerprint density at radius 3 is 2.24 bits per heavy atom. The zero-order valence-electron chi connectivity index (χ0n) is 11.5. The van der Waals surface area contributed by atoms with Crippen LogP contribution in [-0.4, -0.2) is 15.7 Å². The molecule has 1 unspecified atom stereocenters. The van der Waals surface area contributed by atoms with E-state index in [1.54, 1.807) is 6.92 Å². The maximum Gasteiger partial charge on any atom is 0.315 e. The fourth-order valence-electron chi connectivity index (χ4n) is 2.11. The lowest BCUT2D eigenvalue weighted by atomic mass is 9.82. The standard InChI is InChI=1S/C12H22ClN3O/c1-8(13)9-15-16-10(17-9)14-12(5,6)7-11(2,3)4/h8H,7H2,1-6H3,(H,14,16). The summed E-state index contributed by atoms with van der Waals surface area (Å²) >= 11 is 5.87. The molecule has 5 heteroatoms.